The first kappa shape index (κ1) is 21.0. The maximum absolute atomic E-state index is 12.2. The number of hydrogen-bond acceptors (Lipinski definition) is 4. The molecule has 24 heavy (non-hydrogen) atoms. The fourth-order valence-electron chi connectivity index (χ4n) is 3.12. The van der Waals surface area contributed by atoms with Crippen molar-refractivity contribution in [1.82, 2.24) is 5.32 Å². The lowest BCUT2D eigenvalue weighted by atomic mass is 9.83. The van der Waals surface area contributed by atoms with Gasteiger partial charge in [-0.05, 0) is 18.8 Å². The van der Waals surface area contributed by atoms with E-state index in [1.807, 2.05) is 6.92 Å². The average Bonchev–Trinajstić information content (AvgIpc) is 2.52. The van der Waals surface area contributed by atoms with Crippen LogP contribution in [0.4, 0.5) is 0 Å². The molecule has 1 heterocycles. The third kappa shape index (κ3) is 6.46. The van der Waals surface area contributed by atoms with Crippen molar-refractivity contribution in [2.24, 2.45) is 5.41 Å². The first-order valence-corrected chi connectivity index (χ1v) is 9.52. The molecule has 0 radical (unpaired) electrons. The molecule has 0 saturated heterocycles. The topological polar surface area (TPSA) is 47.6 Å². The first-order valence-electron chi connectivity index (χ1n) is 9.52. The molecule has 0 aromatic carbocycles. The van der Waals surface area contributed by atoms with Crippen molar-refractivity contribution in [3.05, 3.63) is 11.3 Å². The molecule has 4 heteroatoms. The van der Waals surface area contributed by atoms with Gasteiger partial charge < -0.3 is 14.8 Å². The zero-order valence-electron chi connectivity index (χ0n) is 16.5. The molecular formula is C20H37NO3. The largest absolute Gasteiger partial charge is 0.466 e. The minimum absolute atomic E-state index is 0.0446. The standard InChI is InChI=1S/C20H37NO3/c1-7-8-9-10-11-12-13-21-16-14-17(20(3,4)5)24-15(2)18(16)19(22)23-6/h15,17,21H,7-14H2,1-6H3/t15-,17-/m0/s1. The summed E-state index contributed by atoms with van der Waals surface area (Å²) in [6.45, 7) is 11.6. The molecule has 0 aromatic rings. The normalized spacial score (nSPS) is 21.8. The molecule has 1 rings (SSSR count). The van der Waals surface area contributed by atoms with E-state index in [9.17, 15) is 4.79 Å². The molecule has 140 valence electrons. The number of hydrogen-bond donors (Lipinski definition) is 1. The molecule has 0 amide bonds. The molecule has 0 fully saturated rings. The molecule has 1 aliphatic heterocycles. The Bertz CT molecular complexity index is 423. The fourth-order valence-corrected chi connectivity index (χ4v) is 3.12. The van der Waals surface area contributed by atoms with Gasteiger partial charge in [0.25, 0.3) is 0 Å². The van der Waals surface area contributed by atoms with E-state index in [0.717, 1.165) is 25.1 Å². The van der Waals surface area contributed by atoms with E-state index >= 15 is 0 Å². The van der Waals surface area contributed by atoms with Crippen LogP contribution in [0.15, 0.2) is 11.3 Å². The Balaban J connectivity index is 2.66. The van der Waals surface area contributed by atoms with Crippen LogP contribution in [-0.4, -0.2) is 31.8 Å². The highest BCUT2D eigenvalue weighted by Gasteiger charge is 2.37. The summed E-state index contributed by atoms with van der Waals surface area (Å²) in [5.74, 6) is -0.277. The number of unbranched alkanes of at least 4 members (excludes halogenated alkanes) is 5. The van der Waals surface area contributed by atoms with Gasteiger partial charge in [0.15, 0.2) is 0 Å². The lowest BCUT2D eigenvalue weighted by Crippen LogP contribution is -2.42. The van der Waals surface area contributed by atoms with E-state index in [1.165, 1.54) is 39.2 Å². The Morgan fingerprint density at radius 3 is 2.42 bits per heavy atom. The van der Waals surface area contributed by atoms with E-state index in [0.29, 0.717) is 5.57 Å². The molecule has 0 unspecified atom stereocenters. The van der Waals surface area contributed by atoms with E-state index in [4.69, 9.17) is 9.47 Å². The van der Waals surface area contributed by atoms with Crippen LogP contribution in [0.3, 0.4) is 0 Å². The van der Waals surface area contributed by atoms with Crippen molar-refractivity contribution in [1.29, 1.82) is 0 Å². The molecule has 1 aliphatic rings. The molecule has 4 nitrogen and oxygen atoms in total. The van der Waals surface area contributed by atoms with E-state index < -0.39 is 0 Å². The smallest absolute Gasteiger partial charge is 0.338 e. The molecule has 0 aromatic heterocycles. The zero-order chi connectivity index (χ0) is 18.2. The molecule has 1 N–H and O–H groups in total. The van der Waals surface area contributed by atoms with Gasteiger partial charge in [0, 0.05) is 18.7 Å². The summed E-state index contributed by atoms with van der Waals surface area (Å²) in [5, 5.41) is 3.51. The second kappa shape index (κ2) is 10.1. The van der Waals surface area contributed by atoms with Gasteiger partial charge in [-0.15, -0.1) is 0 Å². The Morgan fingerprint density at radius 2 is 1.83 bits per heavy atom. The van der Waals surface area contributed by atoms with Gasteiger partial charge in [-0.25, -0.2) is 4.79 Å². The molecule has 0 saturated carbocycles. The summed E-state index contributed by atoms with van der Waals surface area (Å²) in [5.41, 5.74) is 1.71. The van der Waals surface area contributed by atoms with Gasteiger partial charge >= 0.3 is 5.97 Å². The number of ether oxygens (including phenoxy) is 2. The van der Waals surface area contributed by atoms with Crippen molar-refractivity contribution in [2.45, 2.75) is 91.8 Å². The van der Waals surface area contributed by atoms with Gasteiger partial charge in [-0.1, -0.05) is 59.8 Å². The van der Waals surface area contributed by atoms with Crippen molar-refractivity contribution >= 4 is 5.97 Å². The summed E-state index contributed by atoms with van der Waals surface area (Å²) in [7, 11) is 1.43. The zero-order valence-corrected chi connectivity index (χ0v) is 16.5. The minimum Gasteiger partial charge on any atom is -0.466 e. The predicted molar refractivity (Wildman–Crippen MR) is 98.8 cm³/mol. The van der Waals surface area contributed by atoms with Crippen molar-refractivity contribution < 1.29 is 14.3 Å². The SMILES string of the molecule is CCCCCCCCNC1=C(C(=O)OC)[C@H](C)O[C@H](C(C)(C)C)C1. The maximum Gasteiger partial charge on any atom is 0.338 e. The highest BCUT2D eigenvalue weighted by atomic mass is 16.5. The van der Waals surface area contributed by atoms with E-state index in [1.54, 1.807) is 0 Å². The fraction of sp³-hybridized carbons (Fsp3) is 0.850. The Labute approximate surface area is 148 Å². The Morgan fingerprint density at radius 1 is 1.21 bits per heavy atom. The lowest BCUT2D eigenvalue weighted by Gasteiger charge is -2.38. The third-order valence-electron chi connectivity index (χ3n) is 4.73. The summed E-state index contributed by atoms with van der Waals surface area (Å²) in [6, 6.07) is 0. The summed E-state index contributed by atoms with van der Waals surface area (Å²) in [4.78, 5) is 12.2. The van der Waals surface area contributed by atoms with Crippen LogP contribution in [0.5, 0.6) is 0 Å². The second-order valence-corrected chi connectivity index (χ2v) is 7.92. The molecule has 0 aliphatic carbocycles. The minimum atomic E-state index is -0.277. The van der Waals surface area contributed by atoms with Gasteiger partial charge in [-0.2, -0.15) is 0 Å². The Hall–Kier alpha value is -1.03. The predicted octanol–water partition coefficient (Wildman–Crippen LogP) is 4.59. The monoisotopic (exact) mass is 339 g/mol. The van der Waals surface area contributed by atoms with Crippen LogP contribution in [-0.2, 0) is 14.3 Å². The van der Waals surface area contributed by atoms with E-state index in [2.05, 4.69) is 33.0 Å². The third-order valence-corrected chi connectivity index (χ3v) is 4.73. The average molecular weight is 340 g/mol. The van der Waals surface area contributed by atoms with Crippen molar-refractivity contribution in [3.63, 3.8) is 0 Å². The van der Waals surface area contributed by atoms with Crippen LogP contribution in [0.25, 0.3) is 0 Å². The number of carbonyl (C=O) groups is 1. The van der Waals surface area contributed by atoms with Crippen molar-refractivity contribution in [3.8, 4) is 0 Å². The summed E-state index contributed by atoms with van der Waals surface area (Å²) < 4.78 is 11.1. The lowest BCUT2D eigenvalue weighted by molar-refractivity contribution is -0.140. The first-order chi connectivity index (χ1) is 11.3. The molecule has 0 spiro atoms. The van der Waals surface area contributed by atoms with Crippen molar-refractivity contribution in [2.75, 3.05) is 13.7 Å². The van der Waals surface area contributed by atoms with Crippen LogP contribution in [0, 0.1) is 5.41 Å². The quantitative estimate of drug-likeness (QED) is 0.493. The number of methoxy groups -OCH3 is 1. The summed E-state index contributed by atoms with van der Waals surface area (Å²) in [6.07, 6.45) is 8.21. The van der Waals surface area contributed by atoms with Crippen LogP contribution < -0.4 is 5.32 Å². The second-order valence-electron chi connectivity index (χ2n) is 7.92. The van der Waals surface area contributed by atoms with Crippen LogP contribution >= 0.6 is 0 Å². The Kier molecular flexibility index (Phi) is 8.82. The number of esters is 1. The van der Waals surface area contributed by atoms with Crippen LogP contribution in [0.2, 0.25) is 0 Å². The number of nitrogens with one attached hydrogen (secondary N) is 1. The number of rotatable bonds is 9. The maximum atomic E-state index is 12.2. The van der Waals surface area contributed by atoms with Gasteiger partial charge in [0.2, 0.25) is 0 Å². The highest BCUT2D eigenvalue weighted by Crippen LogP contribution is 2.34. The van der Waals surface area contributed by atoms with E-state index in [-0.39, 0.29) is 23.6 Å². The highest BCUT2D eigenvalue weighted by molar-refractivity contribution is 5.90. The van der Waals surface area contributed by atoms with Crippen LogP contribution in [0.1, 0.15) is 79.6 Å². The van der Waals surface area contributed by atoms with Gasteiger partial charge in [-0.3, -0.25) is 0 Å². The summed E-state index contributed by atoms with van der Waals surface area (Å²) >= 11 is 0. The molecular weight excluding hydrogens is 302 g/mol. The molecule has 0 bridgehead atoms. The van der Waals surface area contributed by atoms with Gasteiger partial charge in [0.05, 0.1) is 24.9 Å². The molecule has 2 atom stereocenters. The number of carbonyl (C=O) groups excluding carboxylic acids is 1. The van der Waals surface area contributed by atoms with Gasteiger partial charge in [0.1, 0.15) is 0 Å².